The van der Waals surface area contributed by atoms with Crippen LogP contribution in [0.25, 0.3) is 0 Å². The number of amides is 3. The predicted molar refractivity (Wildman–Crippen MR) is 171 cm³/mol. The number of methoxy groups -OCH3 is 1. The second kappa shape index (κ2) is 13.8. The van der Waals surface area contributed by atoms with Crippen molar-refractivity contribution in [3.63, 3.8) is 0 Å². The molecule has 0 aromatic heterocycles. The molecule has 1 atom stereocenters. The maximum Gasteiger partial charge on any atom is 0.253 e. The summed E-state index contributed by atoms with van der Waals surface area (Å²) in [5.41, 5.74) is -0.0503. The summed E-state index contributed by atoms with van der Waals surface area (Å²) in [4.78, 5) is 45.5. The van der Waals surface area contributed by atoms with Crippen LogP contribution >= 0.6 is 0 Å². The minimum absolute atomic E-state index is 0.0389. The fourth-order valence-corrected chi connectivity index (χ4v) is 7.04. The molecule has 1 spiro atoms. The summed E-state index contributed by atoms with van der Waals surface area (Å²) in [6, 6.07) is 12.4. The van der Waals surface area contributed by atoms with Crippen LogP contribution in [0.15, 0.2) is 42.5 Å². The van der Waals surface area contributed by atoms with Crippen LogP contribution in [0, 0.1) is 0 Å². The lowest BCUT2D eigenvalue weighted by molar-refractivity contribution is -0.163. The summed E-state index contributed by atoms with van der Waals surface area (Å²) in [7, 11) is 4.96. The van der Waals surface area contributed by atoms with Gasteiger partial charge in [0.15, 0.2) is 11.5 Å². The predicted octanol–water partition coefficient (Wildman–Crippen LogP) is 4.35. The van der Waals surface area contributed by atoms with Crippen molar-refractivity contribution < 1.29 is 29.0 Å². The Balaban J connectivity index is 1.20. The van der Waals surface area contributed by atoms with Gasteiger partial charge in [0.25, 0.3) is 5.91 Å². The third-order valence-corrected chi connectivity index (χ3v) is 9.72. The first-order chi connectivity index (χ1) is 21.6. The Hall–Kier alpha value is -3.63. The molecule has 2 aliphatic heterocycles. The molecule has 3 amide bonds. The van der Waals surface area contributed by atoms with Gasteiger partial charge in [0.1, 0.15) is 17.3 Å². The minimum Gasteiger partial charge on any atom is -0.493 e. The number of piperazine rings is 1. The number of nitrogens with one attached hydrogen (secondary N) is 1. The summed E-state index contributed by atoms with van der Waals surface area (Å²) in [6.45, 7) is 4.79. The number of benzene rings is 2. The Morgan fingerprint density at radius 2 is 1.71 bits per heavy atom. The fraction of sp³-hybridized carbons (Fsp3) is 0.571. The second-order valence-corrected chi connectivity index (χ2v) is 13.1. The third kappa shape index (κ3) is 7.12. The first kappa shape index (κ1) is 32.8. The lowest BCUT2D eigenvalue weighted by atomic mass is 9.80. The highest BCUT2D eigenvalue weighted by Gasteiger charge is 2.54. The number of rotatable bonds is 11. The van der Waals surface area contributed by atoms with E-state index in [-0.39, 0.29) is 17.7 Å². The molecule has 0 radical (unpaired) electrons. The molecule has 2 heterocycles. The minimum atomic E-state index is -0.860. The lowest BCUT2D eigenvalue weighted by Gasteiger charge is -2.52. The van der Waals surface area contributed by atoms with Gasteiger partial charge in [-0.3, -0.25) is 19.3 Å². The van der Waals surface area contributed by atoms with Gasteiger partial charge in [-0.1, -0.05) is 38.3 Å². The normalized spacial score (nSPS) is 21.1. The summed E-state index contributed by atoms with van der Waals surface area (Å²) >= 11 is 0. The molecule has 3 aliphatic rings. The topological polar surface area (TPSA) is 112 Å². The van der Waals surface area contributed by atoms with Crippen molar-refractivity contribution in [2.24, 2.45) is 0 Å². The Labute approximate surface area is 266 Å². The molecular weight excluding hydrogens is 572 g/mol. The van der Waals surface area contributed by atoms with Gasteiger partial charge >= 0.3 is 0 Å². The van der Waals surface area contributed by atoms with Crippen LogP contribution in [0.1, 0.15) is 80.6 Å². The number of ether oxygens (including phenoxy) is 2. The third-order valence-electron chi connectivity index (χ3n) is 9.72. The molecule has 2 saturated heterocycles. The van der Waals surface area contributed by atoms with E-state index in [1.807, 2.05) is 29.2 Å². The monoisotopic (exact) mass is 620 g/mol. The van der Waals surface area contributed by atoms with Crippen LogP contribution in [-0.4, -0.2) is 95.5 Å². The van der Waals surface area contributed by atoms with Gasteiger partial charge in [0.05, 0.1) is 12.7 Å². The van der Waals surface area contributed by atoms with Crippen LogP contribution in [0.4, 0.5) is 0 Å². The SMILES string of the molecule is CCCCN1C(=O)[C@@H](CC2(O)CCCC2)NC(=O)C12CCN(Cc1ccc(Oc3ccc(C(=O)N(C)C)cc3OC)cc1)CC2. The van der Waals surface area contributed by atoms with E-state index in [4.69, 9.17) is 9.47 Å². The molecule has 2 aromatic carbocycles. The van der Waals surface area contributed by atoms with Gasteiger partial charge in [0.2, 0.25) is 11.8 Å². The maximum absolute atomic E-state index is 13.8. The van der Waals surface area contributed by atoms with Gasteiger partial charge in [-0.25, -0.2) is 0 Å². The van der Waals surface area contributed by atoms with Crippen molar-refractivity contribution in [3.8, 4) is 17.2 Å². The van der Waals surface area contributed by atoms with E-state index in [0.717, 1.165) is 37.8 Å². The van der Waals surface area contributed by atoms with Gasteiger partial charge in [0, 0.05) is 52.3 Å². The van der Waals surface area contributed by atoms with Crippen molar-refractivity contribution in [1.29, 1.82) is 0 Å². The van der Waals surface area contributed by atoms with E-state index in [1.54, 1.807) is 39.4 Å². The molecule has 2 N–H and O–H groups in total. The van der Waals surface area contributed by atoms with Crippen molar-refractivity contribution in [3.05, 3.63) is 53.6 Å². The number of carbonyl (C=O) groups is 3. The van der Waals surface area contributed by atoms with Gasteiger partial charge < -0.3 is 29.7 Å². The molecule has 2 aromatic rings. The molecule has 1 aliphatic carbocycles. The van der Waals surface area contributed by atoms with Crippen molar-refractivity contribution in [1.82, 2.24) is 20.0 Å². The molecule has 244 valence electrons. The highest BCUT2D eigenvalue weighted by molar-refractivity contribution is 6.00. The number of nitrogens with zero attached hydrogens (tertiary/aromatic N) is 3. The Morgan fingerprint density at radius 1 is 1.02 bits per heavy atom. The zero-order valence-corrected chi connectivity index (χ0v) is 27.1. The van der Waals surface area contributed by atoms with E-state index >= 15 is 0 Å². The largest absolute Gasteiger partial charge is 0.493 e. The lowest BCUT2D eigenvalue weighted by Crippen LogP contribution is -2.73. The first-order valence-corrected chi connectivity index (χ1v) is 16.3. The van der Waals surface area contributed by atoms with E-state index in [2.05, 4.69) is 17.1 Å². The van der Waals surface area contributed by atoms with Gasteiger partial charge in [-0.15, -0.1) is 0 Å². The van der Waals surface area contributed by atoms with Gasteiger partial charge in [-0.2, -0.15) is 0 Å². The number of aliphatic hydroxyl groups is 1. The van der Waals surface area contributed by atoms with Crippen molar-refractivity contribution in [2.45, 2.75) is 88.4 Å². The van der Waals surface area contributed by atoms with E-state index in [9.17, 15) is 19.5 Å². The number of carbonyl (C=O) groups excluding carboxylic acids is 3. The number of hydrogen-bond donors (Lipinski definition) is 2. The smallest absolute Gasteiger partial charge is 0.253 e. The molecule has 10 heteroatoms. The zero-order valence-electron chi connectivity index (χ0n) is 27.1. The Kier molecular flexibility index (Phi) is 10.0. The second-order valence-electron chi connectivity index (χ2n) is 13.1. The molecule has 1 saturated carbocycles. The molecule has 0 bridgehead atoms. The summed E-state index contributed by atoms with van der Waals surface area (Å²) in [5, 5.41) is 14.0. The number of piperidine rings is 1. The highest BCUT2D eigenvalue weighted by Crippen LogP contribution is 2.38. The van der Waals surface area contributed by atoms with Crippen LogP contribution in [0.2, 0.25) is 0 Å². The molecular formula is C35H48N4O6. The average molecular weight is 621 g/mol. The summed E-state index contributed by atoms with van der Waals surface area (Å²) in [5.74, 6) is 1.44. The standard InChI is InChI=1S/C35H48N4O6/c1-5-6-19-39-32(41)28(23-34(43)15-7-8-16-34)36-33(42)35(39)17-20-38(21-18-35)24-25-9-12-27(13-10-25)45-29-14-11-26(22-30(29)44-4)31(40)37(2)3/h9-14,22,28,43H,5-8,15-21,23-24H2,1-4H3,(H,36,42)/t28-/m1/s1. The quantitative estimate of drug-likeness (QED) is 0.384. The van der Waals surface area contributed by atoms with E-state index in [0.29, 0.717) is 74.6 Å². The van der Waals surface area contributed by atoms with Crippen molar-refractivity contribution in [2.75, 3.05) is 40.8 Å². The summed E-state index contributed by atoms with van der Waals surface area (Å²) < 4.78 is 11.6. The van der Waals surface area contributed by atoms with Crippen LogP contribution in [0.3, 0.4) is 0 Å². The first-order valence-electron chi connectivity index (χ1n) is 16.3. The number of hydrogen-bond acceptors (Lipinski definition) is 7. The number of unbranched alkanes of at least 4 members (excludes halogenated alkanes) is 1. The molecule has 3 fully saturated rings. The van der Waals surface area contributed by atoms with E-state index < -0.39 is 17.2 Å². The fourth-order valence-electron chi connectivity index (χ4n) is 7.04. The molecule has 5 rings (SSSR count). The Morgan fingerprint density at radius 3 is 2.33 bits per heavy atom. The highest BCUT2D eigenvalue weighted by atomic mass is 16.5. The average Bonchev–Trinajstić information content (AvgIpc) is 3.47. The summed E-state index contributed by atoms with van der Waals surface area (Å²) in [6.07, 6.45) is 6.56. The van der Waals surface area contributed by atoms with E-state index in [1.165, 1.54) is 4.90 Å². The van der Waals surface area contributed by atoms with Crippen LogP contribution in [-0.2, 0) is 16.1 Å². The zero-order chi connectivity index (χ0) is 32.2. The molecule has 10 nitrogen and oxygen atoms in total. The van der Waals surface area contributed by atoms with Crippen molar-refractivity contribution >= 4 is 17.7 Å². The molecule has 0 unspecified atom stereocenters. The maximum atomic E-state index is 13.8. The van der Waals surface area contributed by atoms with Crippen LogP contribution < -0.4 is 14.8 Å². The molecule has 45 heavy (non-hydrogen) atoms. The van der Waals surface area contributed by atoms with Crippen LogP contribution in [0.5, 0.6) is 17.2 Å². The Bertz CT molecular complexity index is 1360. The number of likely N-dealkylation sites (tertiary alicyclic amines) is 1. The van der Waals surface area contributed by atoms with Gasteiger partial charge in [-0.05, 0) is 68.0 Å².